The zero-order valence-corrected chi connectivity index (χ0v) is 11.4. The van der Waals surface area contributed by atoms with Crippen molar-refractivity contribution in [3.05, 3.63) is 0 Å². The lowest BCUT2D eigenvalue weighted by atomic mass is 10.0. The maximum atomic E-state index is 12.7. The molecule has 0 aromatic heterocycles. The summed E-state index contributed by atoms with van der Waals surface area (Å²) in [7, 11) is -3.18. The van der Waals surface area contributed by atoms with E-state index in [1.165, 1.54) is 0 Å². The van der Waals surface area contributed by atoms with Crippen LogP contribution in [0.2, 0.25) is 0 Å². The van der Waals surface area contributed by atoms with E-state index in [4.69, 9.17) is 0 Å². The van der Waals surface area contributed by atoms with Crippen LogP contribution in [0, 0.1) is 0 Å². The molecule has 104 valence electrons. The van der Waals surface area contributed by atoms with Crippen molar-refractivity contribution in [2.24, 2.45) is 0 Å². The standard InChI is InChI=1S/C12H22N2O3S/c15-11-6-9-3-4-10(7-11)14(9)18(16,17)12-2-1-5-13-8-12/h9-13,15H,1-8H2. The summed E-state index contributed by atoms with van der Waals surface area (Å²) in [5.41, 5.74) is 0. The number of aliphatic hydroxyl groups excluding tert-OH is 1. The second-order valence-electron chi connectivity index (χ2n) is 5.85. The van der Waals surface area contributed by atoms with Gasteiger partial charge in [-0.2, -0.15) is 4.31 Å². The third-order valence-corrected chi connectivity index (χ3v) is 7.04. The van der Waals surface area contributed by atoms with Gasteiger partial charge in [-0.05, 0) is 45.1 Å². The Hall–Kier alpha value is -0.170. The van der Waals surface area contributed by atoms with Gasteiger partial charge in [0.05, 0.1) is 11.4 Å². The van der Waals surface area contributed by atoms with E-state index >= 15 is 0 Å². The number of sulfonamides is 1. The zero-order chi connectivity index (χ0) is 12.8. The molecule has 0 amide bonds. The van der Waals surface area contributed by atoms with Gasteiger partial charge in [-0.15, -0.1) is 0 Å². The SMILES string of the molecule is O=S(=O)(C1CCCNC1)N1C2CCC1CC(O)C2. The maximum absolute atomic E-state index is 12.7. The molecule has 0 aliphatic carbocycles. The fourth-order valence-corrected chi connectivity index (χ4v) is 6.12. The summed E-state index contributed by atoms with van der Waals surface area (Å²) in [6, 6.07) is 0.0938. The molecule has 3 rings (SSSR count). The van der Waals surface area contributed by atoms with E-state index in [-0.39, 0.29) is 23.4 Å². The molecule has 3 aliphatic rings. The average Bonchev–Trinajstić information content (AvgIpc) is 2.64. The average molecular weight is 274 g/mol. The summed E-state index contributed by atoms with van der Waals surface area (Å²) in [6.07, 6.45) is 4.48. The number of piperidine rings is 2. The Bertz CT molecular complexity index is 392. The first-order chi connectivity index (χ1) is 8.59. The Morgan fingerprint density at radius 3 is 2.33 bits per heavy atom. The van der Waals surface area contributed by atoms with Gasteiger partial charge >= 0.3 is 0 Å². The lowest BCUT2D eigenvalue weighted by molar-refractivity contribution is 0.0762. The molecule has 3 heterocycles. The van der Waals surface area contributed by atoms with Gasteiger partial charge in [0.1, 0.15) is 0 Å². The maximum Gasteiger partial charge on any atom is 0.218 e. The lowest BCUT2D eigenvalue weighted by Crippen LogP contribution is -2.53. The van der Waals surface area contributed by atoms with Crippen LogP contribution in [0.15, 0.2) is 0 Å². The van der Waals surface area contributed by atoms with Gasteiger partial charge in [0, 0.05) is 18.6 Å². The van der Waals surface area contributed by atoms with Crippen LogP contribution in [0.1, 0.15) is 38.5 Å². The molecule has 18 heavy (non-hydrogen) atoms. The van der Waals surface area contributed by atoms with E-state index in [9.17, 15) is 13.5 Å². The molecule has 0 aromatic rings. The molecule has 6 heteroatoms. The van der Waals surface area contributed by atoms with E-state index in [1.54, 1.807) is 4.31 Å². The van der Waals surface area contributed by atoms with E-state index in [0.717, 1.165) is 32.2 Å². The van der Waals surface area contributed by atoms with Crippen LogP contribution in [-0.4, -0.2) is 54.4 Å². The third-order valence-electron chi connectivity index (χ3n) is 4.61. The van der Waals surface area contributed by atoms with Crippen LogP contribution < -0.4 is 5.32 Å². The first-order valence-electron chi connectivity index (χ1n) is 7.00. The van der Waals surface area contributed by atoms with Crippen LogP contribution in [0.3, 0.4) is 0 Å². The predicted octanol–water partition coefficient (Wildman–Crippen LogP) is 0.0559. The Morgan fingerprint density at radius 1 is 1.11 bits per heavy atom. The first-order valence-corrected chi connectivity index (χ1v) is 8.50. The van der Waals surface area contributed by atoms with E-state index < -0.39 is 10.0 Å². The normalized spacial score (nSPS) is 42.1. The molecule has 2 bridgehead atoms. The van der Waals surface area contributed by atoms with Crippen LogP contribution >= 0.6 is 0 Å². The van der Waals surface area contributed by atoms with Gasteiger partial charge in [0.2, 0.25) is 10.0 Å². The van der Waals surface area contributed by atoms with E-state index in [2.05, 4.69) is 5.32 Å². The number of nitrogens with one attached hydrogen (secondary N) is 1. The minimum atomic E-state index is -3.18. The molecule has 3 saturated heterocycles. The Labute approximate surface area is 109 Å². The van der Waals surface area contributed by atoms with Crippen molar-refractivity contribution in [2.45, 2.75) is 62.0 Å². The molecular formula is C12H22N2O3S. The smallest absolute Gasteiger partial charge is 0.218 e. The second kappa shape index (κ2) is 4.74. The summed E-state index contributed by atoms with van der Waals surface area (Å²) in [6.45, 7) is 1.51. The summed E-state index contributed by atoms with van der Waals surface area (Å²) in [5.74, 6) is 0. The number of rotatable bonds is 2. The quantitative estimate of drug-likeness (QED) is 0.747. The highest BCUT2D eigenvalue weighted by atomic mass is 32.2. The minimum Gasteiger partial charge on any atom is -0.393 e. The minimum absolute atomic E-state index is 0.0469. The van der Waals surface area contributed by atoms with Gasteiger partial charge in [0.15, 0.2) is 0 Å². The van der Waals surface area contributed by atoms with Gasteiger partial charge in [-0.3, -0.25) is 0 Å². The molecule has 0 aromatic carbocycles. The van der Waals surface area contributed by atoms with E-state index in [0.29, 0.717) is 19.4 Å². The highest BCUT2D eigenvalue weighted by Crippen LogP contribution is 2.39. The summed E-state index contributed by atoms with van der Waals surface area (Å²) in [5, 5.41) is 12.7. The highest BCUT2D eigenvalue weighted by molar-refractivity contribution is 7.89. The third kappa shape index (κ3) is 2.09. The fourth-order valence-electron chi connectivity index (χ4n) is 3.77. The largest absolute Gasteiger partial charge is 0.393 e. The topological polar surface area (TPSA) is 69.6 Å². The van der Waals surface area contributed by atoms with Crippen LogP contribution in [0.4, 0.5) is 0 Å². The van der Waals surface area contributed by atoms with E-state index in [1.807, 2.05) is 0 Å². The second-order valence-corrected chi connectivity index (χ2v) is 7.97. The number of hydrogen-bond donors (Lipinski definition) is 2. The molecule has 0 spiro atoms. The monoisotopic (exact) mass is 274 g/mol. The molecule has 3 fully saturated rings. The zero-order valence-electron chi connectivity index (χ0n) is 10.6. The Morgan fingerprint density at radius 2 is 1.78 bits per heavy atom. The fraction of sp³-hybridized carbons (Fsp3) is 1.00. The number of fused-ring (bicyclic) bond motifs is 2. The van der Waals surface area contributed by atoms with Crippen LogP contribution in [-0.2, 0) is 10.0 Å². The molecule has 0 radical (unpaired) electrons. The van der Waals surface area contributed by atoms with Crippen molar-refractivity contribution >= 4 is 10.0 Å². The number of hydrogen-bond acceptors (Lipinski definition) is 4. The molecule has 0 saturated carbocycles. The Balaban J connectivity index is 1.81. The van der Waals surface area contributed by atoms with Crippen LogP contribution in [0.5, 0.6) is 0 Å². The molecular weight excluding hydrogens is 252 g/mol. The number of aliphatic hydroxyl groups is 1. The van der Waals surface area contributed by atoms with Gasteiger partial charge in [-0.25, -0.2) is 8.42 Å². The molecule has 2 N–H and O–H groups in total. The van der Waals surface area contributed by atoms with Gasteiger partial charge < -0.3 is 10.4 Å². The summed E-state index contributed by atoms with van der Waals surface area (Å²) in [4.78, 5) is 0. The Kier molecular flexibility index (Phi) is 3.38. The van der Waals surface area contributed by atoms with Crippen molar-refractivity contribution in [2.75, 3.05) is 13.1 Å². The number of nitrogens with zero attached hydrogens (tertiary/aromatic N) is 1. The van der Waals surface area contributed by atoms with Gasteiger partial charge in [0.25, 0.3) is 0 Å². The molecule has 3 aliphatic heterocycles. The van der Waals surface area contributed by atoms with Gasteiger partial charge in [-0.1, -0.05) is 0 Å². The van der Waals surface area contributed by atoms with Crippen molar-refractivity contribution in [1.29, 1.82) is 0 Å². The summed E-state index contributed by atoms with van der Waals surface area (Å²) >= 11 is 0. The van der Waals surface area contributed by atoms with Crippen LogP contribution in [0.25, 0.3) is 0 Å². The van der Waals surface area contributed by atoms with Crippen molar-refractivity contribution < 1.29 is 13.5 Å². The molecule has 3 atom stereocenters. The predicted molar refractivity (Wildman–Crippen MR) is 68.7 cm³/mol. The van der Waals surface area contributed by atoms with Crippen molar-refractivity contribution in [1.82, 2.24) is 9.62 Å². The highest BCUT2D eigenvalue weighted by Gasteiger charge is 2.48. The van der Waals surface area contributed by atoms with Crippen molar-refractivity contribution in [3.8, 4) is 0 Å². The molecule has 5 nitrogen and oxygen atoms in total. The lowest BCUT2D eigenvalue weighted by Gasteiger charge is -2.39. The molecule has 3 unspecified atom stereocenters. The van der Waals surface area contributed by atoms with Crippen molar-refractivity contribution in [3.63, 3.8) is 0 Å². The first kappa shape index (κ1) is 12.8. The summed E-state index contributed by atoms with van der Waals surface area (Å²) < 4.78 is 27.2.